The van der Waals surface area contributed by atoms with Crippen LogP contribution in [-0.4, -0.2) is 57.1 Å². The average molecular weight is 329 g/mol. The second kappa shape index (κ2) is 7.77. The second-order valence-corrected chi connectivity index (χ2v) is 6.45. The fraction of sp³-hybridized carbons (Fsp3) is 0.500. The lowest BCUT2D eigenvalue weighted by Crippen LogP contribution is -2.39. The Hall–Kier alpha value is -1.92. The van der Waals surface area contributed by atoms with E-state index in [9.17, 15) is 4.39 Å². The minimum atomic E-state index is -0.780. The molecule has 0 radical (unpaired) electrons. The largest absolute Gasteiger partial charge is 0.297 e. The standard InChI is InChI=1S/C18H24FN5/c1-14(17-6-3-4-7-20-17)23(2)12-16-10-15(19)11-24(16)13-18-21-8-5-9-22-18/h3-9,14-16H,10-13H2,1-2H3/t14?,15-,16-/m0/s1. The number of pyridine rings is 1. The summed E-state index contributed by atoms with van der Waals surface area (Å²) in [5.74, 6) is 0.747. The van der Waals surface area contributed by atoms with Crippen LogP contribution in [0.4, 0.5) is 4.39 Å². The van der Waals surface area contributed by atoms with Gasteiger partial charge in [-0.1, -0.05) is 6.07 Å². The van der Waals surface area contributed by atoms with Crippen molar-refractivity contribution in [3.05, 3.63) is 54.4 Å². The first-order valence-corrected chi connectivity index (χ1v) is 8.38. The molecule has 3 rings (SSSR count). The van der Waals surface area contributed by atoms with Crippen LogP contribution in [0.1, 0.15) is 30.9 Å². The van der Waals surface area contributed by atoms with E-state index in [0.29, 0.717) is 19.5 Å². The molecular weight excluding hydrogens is 305 g/mol. The summed E-state index contributed by atoms with van der Waals surface area (Å²) < 4.78 is 14.0. The highest BCUT2D eigenvalue weighted by molar-refractivity contribution is 5.08. The molecule has 0 spiro atoms. The molecule has 0 N–H and O–H groups in total. The number of nitrogens with zero attached hydrogens (tertiary/aromatic N) is 5. The lowest BCUT2D eigenvalue weighted by Gasteiger charge is -2.31. The van der Waals surface area contributed by atoms with Crippen molar-refractivity contribution in [1.29, 1.82) is 0 Å². The summed E-state index contributed by atoms with van der Waals surface area (Å²) in [5, 5.41) is 0. The Kier molecular flexibility index (Phi) is 5.48. The van der Waals surface area contributed by atoms with E-state index >= 15 is 0 Å². The van der Waals surface area contributed by atoms with Gasteiger partial charge in [0, 0.05) is 43.8 Å². The molecule has 1 fully saturated rings. The molecule has 2 aromatic rings. The molecule has 3 heterocycles. The van der Waals surface area contributed by atoms with E-state index in [-0.39, 0.29) is 12.1 Å². The number of hydrogen-bond acceptors (Lipinski definition) is 5. The van der Waals surface area contributed by atoms with Crippen LogP contribution in [0.3, 0.4) is 0 Å². The molecule has 2 aromatic heterocycles. The molecule has 0 aromatic carbocycles. The SMILES string of the molecule is CC(c1ccccn1)N(C)C[C@@H]1C[C@H](F)CN1Cc1ncccn1. The van der Waals surface area contributed by atoms with Gasteiger partial charge in [0.15, 0.2) is 0 Å². The number of alkyl halides is 1. The number of hydrogen-bond donors (Lipinski definition) is 0. The highest BCUT2D eigenvalue weighted by Crippen LogP contribution is 2.25. The average Bonchev–Trinajstić information content (AvgIpc) is 2.95. The van der Waals surface area contributed by atoms with Crippen molar-refractivity contribution in [3.63, 3.8) is 0 Å². The molecule has 24 heavy (non-hydrogen) atoms. The monoisotopic (exact) mass is 329 g/mol. The second-order valence-electron chi connectivity index (χ2n) is 6.45. The minimum absolute atomic E-state index is 0.167. The fourth-order valence-corrected chi connectivity index (χ4v) is 3.24. The summed E-state index contributed by atoms with van der Waals surface area (Å²) in [5.41, 5.74) is 1.03. The maximum absolute atomic E-state index is 14.0. The summed E-state index contributed by atoms with van der Waals surface area (Å²) in [6.45, 7) is 3.98. The van der Waals surface area contributed by atoms with E-state index in [0.717, 1.165) is 18.1 Å². The Labute approximate surface area is 142 Å². The number of halogens is 1. The van der Waals surface area contributed by atoms with E-state index in [2.05, 4.69) is 38.7 Å². The molecule has 3 atom stereocenters. The summed E-state index contributed by atoms with van der Waals surface area (Å²) in [6.07, 6.45) is 5.06. The van der Waals surface area contributed by atoms with E-state index < -0.39 is 6.17 Å². The zero-order valence-electron chi connectivity index (χ0n) is 14.2. The van der Waals surface area contributed by atoms with Crippen LogP contribution < -0.4 is 0 Å². The first-order chi connectivity index (χ1) is 11.6. The van der Waals surface area contributed by atoms with Gasteiger partial charge in [-0.05, 0) is 38.6 Å². The third-order valence-electron chi connectivity index (χ3n) is 4.72. The molecule has 1 saturated heterocycles. The summed E-state index contributed by atoms with van der Waals surface area (Å²) in [7, 11) is 2.07. The highest BCUT2D eigenvalue weighted by Gasteiger charge is 2.33. The molecule has 6 heteroatoms. The van der Waals surface area contributed by atoms with Gasteiger partial charge in [-0.3, -0.25) is 14.8 Å². The first-order valence-electron chi connectivity index (χ1n) is 8.38. The molecule has 0 bridgehead atoms. The Morgan fingerprint density at radius 3 is 2.67 bits per heavy atom. The van der Waals surface area contributed by atoms with Crippen molar-refractivity contribution in [2.45, 2.75) is 38.1 Å². The lowest BCUT2D eigenvalue weighted by molar-refractivity contribution is 0.156. The summed E-state index contributed by atoms with van der Waals surface area (Å²) in [4.78, 5) is 17.4. The number of likely N-dealkylation sites (tertiary alicyclic amines) is 1. The van der Waals surface area contributed by atoms with E-state index in [4.69, 9.17) is 0 Å². The molecule has 0 saturated carbocycles. The van der Waals surface area contributed by atoms with Crippen molar-refractivity contribution in [1.82, 2.24) is 24.8 Å². The summed E-state index contributed by atoms with van der Waals surface area (Å²) >= 11 is 0. The fourth-order valence-electron chi connectivity index (χ4n) is 3.24. The van der Waals surface area contributed by atoms with Crippen LogP contribution in [0.5, 0.6) is 0 Å². The minimum Gasteiger partial charge on any atom is -0.297 e. The predicted octanol–water partition coefficient (Wildman–Crippen LogP) is 2.48. The van der Waals surface area contributed by atoms with Gasteiger partial charge in [0.2, 0.25) is 0 Å². The van der Waals surface area contributed by atoms with Gasteiger partial charge in [0.05, 0.1) is 12.2 Å². The quantitative estimate of drug-likeness (QED) is 0.815. The third-order valence-corrected chi connectivity index (χ3v) is 4.72. The zero-order chi connectivity index (χ0) is 16.9. The molecule has 1 aliphatic rings. The van der Waals surface area contributed by atoms with Crippen LogP contribution in [0.25, 0.3) is 0 Å². The van der Waals surface area contributed by atoms with Gasteiger partial charge in [-0.15, -0.1) is 0 Å². The van der Waals surface area contributed by atoms with Crippen LogP contribution in [0.2, 0.25) is 0 Å². The predicted molar refractivity (Wildman–Crippen MR) is 91.0 cm³/mol. The Bertz CT molecular complexity index is 624. The highest BCUT2D eigenvalue weighted by atomic mass is 19.1. The van der Waals surface area contributed by atoms with Gasteiger partial charge in [0.1, 0.15) is 12.0 Å². The molecule has 1 unspecified atom stereocenters. The molecule has 0 aliphatic carbocycles. The van der Waals surface area contributed by atoms with E-state index in [1.54, 1.807) is 18.5 Å². The molecule has 5 nitrogen and oxygen atoms in total. The molecule has 128 valence electrons. The smallest absolute Gasteiger partial charge is 0.142 e. The van der Waals surface area contributed by atoms with Gasteiger partial charge >= 0.3 is 0 Å². The number of aromatic nitrogens is 3. The van der Waals surface area contributed by atoms with Crippen molar-refractivity contribution < 1.29 is 4.39 Å². The van der Waals surface area contributed by atoms with Gasteiger partial charge in [-0.25, -0.2) is 14.4 Å². The van der Waals surface area contributed by atoms with Crippen LogP contribution >= 0.6 is 0 Å². The Balaban J connectivity index is 1.63. The van der Waals surface area contributed by atoms with Gasteiger partial charge < -0.3 is 0 Å². The van der Waals surface area contributed by atoms with Crippen molar-refractivity contribution >= 4 is 0 Å². The van der Waals surface area contributed by atoms with Crippen molar-refractivity contribution in [3.8, 4) is 0 Å². The van der Waals surface area contributed by atoms with E-state index in [1.165, 1.54) is 0 Å². The van der Waals surface area contributed by atoms with Crippen LogP contribution in [-0.2, 0) is 6.54 Å². The van der Waals surface area contributed by atoms with Crippen molar-refractivity contribution in [2.24, 2.45) is 0 Å². The molecular formula is C18H24FN5. The normalized spacial score (nSPS) is 22.8. The number of rotatable bonds is 6. The zero-order valence-corrected chi connectivity index (χ0v) is 14.2. The van der Waals surface area contributed by atoms with Crippen LogP contribution in [0, 0.1) is 0 Å². The Morgan fingerprint density at radius 2 is 1.96 bits per heavy atom. The maximum Gasteiger partial charge on any atom is 0.142 e. The first kappa shape index (κ1) is 16.9. The third kappa shape index (κ3) is 4.13. The molecule has 1 aliphatic heterocycles. The summed E-state index contributed by atoms with van der Waals surface area (Å²) in [6, 6.07) is 8.11. The van der Waals surface area contributed by atoms with Crippen LogP contribution in [0.15, 0.2) is 42.9 Å². The maximum atomic E-state index is 14.0. The van der Waals surface area contributed by atoms with Crippen molar-refractivity contribution in [2.75, 3.05) is 20.1 Å². The molecule has 0 amide bonds. The van der Waals surface area contributed by atoms with Gasteiger partial charge in [0.25, 0.3) is 0 Å². The van der Waals surface area contributed by atoms with Gasteiger partial charge in [-0.2, -0.15) is 0 Å². The number of likely N-dealkylation sites (N-methyl/N-ethyl adjacent to an activating group) is 1. The lowest BCUT2D eigenvalue weighted by atomic mass is 10.1. The topological polar surface area (TPSA) is 45.2 Å². The Morgan fingerprint density at radius 1 is 1.21 bits per heavy atom. The van der Waals surface area contributed by atoms with E-state index in [1.807, 2.05) is 24.4 Å².